The number of piperidine rings is 1. The van der Waals surface area contributed by atoms with Crippen molar-refractivity contribution in [3.63, 3.8) is 0 Å². The highest BCUT2D eigenvalue weighted by Gasteiger charge is 2.40. The molecule has 1 N–H and O–H groups in total. The predicted molar refractivity (Wildman–Crippen MR) is 119 cm³/mol. The predicted octanol–water partition coefficient (Wildman–Crippen LogP) is 2.00. The van der Waals surface area contributed by atoms with Crippen LogP contribution < -0.4 is 10.1 Å². The van der Waals surface area contributed by atoms with E-state index in [1.165, 1.54) is 18.2 Å². The number of benzene rings is 2. The van der Waals surface area contributed by atoms with Crippen molar-refractivity contribution >= 4 is 17.7 Å². The summed E-state index contributed by atoms with van der Waals surface area (Å²) in [6.07, 6.45) is -0.152. The standard InChI is InChI=1S/C25H26FN3O5/c26-20-12-16(13-28-8-10-33-11-9-28)4-5-17(20)15-34-22-3-1-2-18-19(22)14-29(25(18)32)21-6-7-23(30)27-24(21)31/h1-5,12,21H,6-11,13-15H2,(H,27,30,31)/i13D2,21D. The quantitative estimate of drug-likeness (QED) is 0.650. The molecule has 0 aliphatic carbocycles. The average molecular weight is 471 g/mol. The molecule has 1 atom stereocenters. The van der Waals surface area contributed by atoms with E-state index in [0.717, 1.165) is 4.90 Å². The Morgan fingerprint density at radius 2 is 2.03 bits per heavy atom. The van der Waals surface area contributed by atoms with Crippen LogP contribution in [0.4, 0.5) is 4.39 Å². The van der Waals surface area contributed by atoms with Gasteiger partial charge in [0, 0.05) is 45.4 Å². The van der Waals surface area contributed by atoms with Crippen molar-refractivity contribution < 1.29 is 32.4 Å². The molecular weight excluding hydrogens is 441 g/mol. The van der Waals surface area contributed by atoms with Crippen LogP contribution in [-0.2, 0) is 34.0 Å². The molecule has 3 aliphatic heterocycles. The maximum Gasteiger partial charge on any atom is 0.255 e. The van der Waals surface area contributed by atoms with E-state index in [-0.39, 0.29) is 42.7 Å². The van der Waals surface area contributed by atoms with E-state index in [0.29, 0.717) is 37.6 Å². The number of nitrogens with zero attached hydrogens (tertiary/aromatic N) is 2. The minimum absolute atomic E-state index is 0.0442. The van der Waals surface area contributed by atoms with E-state index >= 15 is 0 Å². The lowest BCUT2D eigenvalue weighted by atomic mass is 10.0. The van der Waals surface area contributed by atoms with Gasteiger partial charge in [-0.1, -0.05) is 18.2 Å². The molecule has 2 aromatic carbocycles. The first-order valence-corrected chi connectivity index (χ1v) is 11.1. The summed E-state index contributed by atoms with van der Waals surface area (Å²) in [4.78, 5) is 39.7. The van der Waals surface area contributed by atoms with Crippen LogP contribution in [0.3, 0.4) is 0 Å². The molecule has 2 aromatic rings. The van der Waals surface area contributed by atoms with Gasteiger partial charge in [-0.15, -0.1) is 0 Å². The fraction of sp³-hybridized carbons (Fsp3) is 0.400. The molecule has 0 bridgehead atoms. The van der Waals surface area contributed by atoms with Gasteiger partial charge in [-0.2, -0.15) is 0 Å². The molecule has 3 amide bonds. The van der Waals surface area contributed by atoms with Gasteiger partial charge >= 0.3 is 0 Å². The van der Waals surface area contributed by atoms with Crippen molar-refractivity contribution in [1.29, 1.82) is 0 Å². The van der Waals surface area contributed by atoms with Crippen molar-refractivity contribution in [2.24, 2.45) is 0 Å². The van der Waals surface area contributed by atoms with Gasteiger partial charge in [0.15, 0.2) is 0 Å². The molecular formula is C25H26FN3O5. The molecule has 0 aromatic heterocycles. The van der Waals surface area contributed by atoms with Gasteiger partial charge in [-0.05, 0) is 30.2 Å². The summed E-state index contributed by atoms with van der Waals surface area (Å²) in [5, 5.41) is 2.13. The van der Waals surface area contributed by atoms with Crippen molar-refractivity contribution in [3.8, 4) is 5.75 Å². The number of carbonyl (C=O) groups excluding carboxylic acids is 3. The van der Waals surface area contributed by atoms with Crippen LogP contribution in [0, 0.1) is 5.82 Å². The Labute approximate surface area is 200 Å². The Kier molecular flexibility index (Phi) is 5.33. The average Bonchev–Trinajstić information content (AvgIpc) is 3.24. The Bertz CT molecular complexity index is 1270. The molecule has 34 heavy (non-hydrogen) atoms. The molecule has 1 unspecified atom stereocenters. The zero-order valence-corrected chi connectivity index (χ0v) is 18.4. The summed E-state index contributed by atoms with van der Waals surface area (Å²) in [7, 11) is 0. The van der Waals surface area contributed by atoms with Gasteiger partial charge in [0.05, 0.1) is 21.1 Å². The summed E-state index contributed by atoms with van der Waals surface area (Å²) in [5.74, 6) is -2.13. The molecule has 2 saturated heterocycles. The van der Waals surface area contributed by atoms with Gasteiger partial charge in [-0.25, -0.2) is 4.39 Å². The highest BCUT2D eigenvalue weighted by Crippen LogP contribution is 2.34. The van der Waals surface area contributed by atoms with Crippen molar-refractivity contribution in [3.05, 3.63) is 64.5 Å². The van der Waals surface area contributed by atoms with E-state index in [1.807, 2.05) is 0 Å². The number of hydrogen-bond acceptors (Lipinski definition) is 6. The first kappa shape index (κ1) is 19.1. The number of nitrogens with one attached hydrogen (secondary N) is 1. The monoisotopic (exact) mass is 470 g/mol. The SMILES string of the molecule is [2H]C1(N2Cc3c(OCc4ccc(C([2H])([2H])N5CCOCC5)cc4F)cccc3C2=O)CCC(=O)NC1=O. The van der Waals surface area contributed by atoms with Gasteiger partial charge in [0.25, 0.3) is 5.91 Å². The van der Waals surface area contributed by atoms with Crippen LogP contribution in [0.25, 0.3) is 0 Å². The summed E-state index contributed by atoms with van der Waals surface area (Å²) in [5.41, 5.74) is 1.16. The number of amides is 3. The lowest BCUT2D eigenvalue weighted by molar-refractivity contribution is -0.136. The Balaban J connectivity index is 1.32. The number of hydrogen-bond donors (Lipinski definition) is 1. The van der Waals surface area contributed by atoms with Crippen molar-refractivity contribution in [2.75, 3.05) is 26.3 Å². The second-order valence-corrected chi connectivity index (χ2v) is 8.30. The highest BCUT2D eigenvalue weighted by molar-refractivity contribution is 6.05. The Morgan fingerprint density at radius 3 is 2.79 bits per heavy atom. The smallest absolute Gasteiger partial charge is 0.255 e. The van der Waals surface area contributed by atoms with Gasteiger partial charge in [0.1, 0.15) is 24.2 Å². The van der Waals surface area contributed by atoms with Crippen LogP contribution >= 0.6 is 0 Å². The second kappa shape index (κ2) is 9.52. The maximum absolute atomic E-state index is 15.0. The number of fused-ring (bicyclic) bond motifs is 1. The third-order valence-corrected chi connectivity index (χ3v) is 6.09. The van der Waals surface area contributed by atoms with E-state index in [1.54, 1.807) is 23.1 Å². The fourth-order valence-corrected chi connectivity index (χ4v) is 4.27. The summed E-state index contributed by atoms with van der Waals surface area (Å²) >= 11 is 0. The number of morpholine rings is 1. The zero-order valence-electron chi connectivity index (χ0n) is 21.4. The molecule has 0 radical (unpaired) electrons. The molecule has 5 rings (SSSR count). The van der Waals surface area contributed by atoms with Crippen LogP contribution in [0.1, 0.15) is 44.0 Å². The number of halogens is 1. The van der Waals surface area contributed by atoms with E-state index in [2.05, 4.69) is 5.32 Å². The van der Waals surface area contributed by atoms with E-state index in [9.17, 15) is 18.8 Å². The number of rotatable bonds is 6. The summed E-state index contributed by atoms with van der Waals surface area (Å²) in [6, 6.07) is 7.07. The van der Waals surface area contributed by atoms with Crippen LogP contribution in [-0.4, -0.2) is 59.8 Å². The van der Waals surface area contributed by atoms with Crippen molar-refractivity contribution in [2.45, 2.75) is 38.5 Å². The number of ether oxygens (including phenoxy) is 2. The molecule has 9 heteroatoms. The van der Waals surface area contributed by atoms with Gasteiger partial charge in [-0.3, -0.25) is 24.6 Å². The van der Waals surface area contributed by atoms with E-state index < -0.39 is 36.1 Å². The van der Waals surface area contributed by atoms with Gasteiger partial charge < -0.3 is 14.4 Å². The van der Waals surface area contributed by atoms with E-state index in [4.69, 9.17) is 13.6 Å². The Hall–Kier alpha value is -3.30. The minimum Gasteiger partial charge on any atom is -0.488 e. The molecule has 0 saturated carbocycles. The third-order valence-electron chi connectivity index (χ3n) is 6.09. The first-order chi connectivity index (χ1) is 17.6. The largest absolute Gasteiger partial charge is 0.488 e. The first-order valence-electron chi connectivity index (χ1n) is 12.6. The third kappa shape index (κ3) is 4.53. The second-order valence-electron chi connectivity index (χ2n) is 8.30. The van der Waals surface area contributed by atoms with Crippen LogP contribution in [0.2, 0.25) is 0 Å². The minimum atomic E-state index is -1.91. The number of carbonyl (C=O) groups is 3. The van der Waals surface area contributed by atoms with Crippen molar-refractivity contribution in [1.82, 2.24) is 15.1 Å². The molecule has 3 heterocycles. The summed E-state index contributed by atoms with van der Waals surface area (Å²) in [6.45, 7) is -0.429. The number of imide groups is 1. The topological polar surface area (TPSA) is 88.2 Å². The molecule has 8 nitrogen and oxygen atoms in total. The molecule has 3 aliphatic rings. The normalized spacial score (nSPS) is 24.8. The highest BCUT2D eigenvalue weighted by atomic mass is 19.1. The fourth-order valence-electron chi connectivity index (χ4n) is 4.27. The van der Waals surface area contributed by atoms with Gasteiger partial charge in [0.2, 0.25) is 11.8 Å². The Morgan fingerprint density at radius 1 is 1.21 bits per heavy atom. The van der Waals surface area contributed by atoms with Crippen LogP contribution in [0.5, 0.6) is 5.75 Å². The summed E-state index contributed by atoms with van der Waals surface area (Å²) < 4.78 is 51.6. The lowest BCUT2D eigenvalue weighted by Crippen LogP contribution is -2.52. The van der Waals surface area contributed by atoms with Crippen LogP contribution in [0.15, 0.2) is 36.4 Å². The zero-order chi connectivity index (χ0) is 26.4. The lowest BCUT2D eigenvalue weighted by Gasteiger charge is -2.29. The molecule has 178 valence electrons. The molecule has 0 spiro atoms. The molecule has 2 fully saturated rings. The maximum atomic E-state index is 15.0.